The Bertz CT molecular complexity index is 1480. The second-order valence-corrected chi connectivity index (χ2v) is 12.6. The SMILES string of the molecule is CC1(C)OCc2cc([C@@H]3CN(CCCCCCOCCCCc4cccc(CNC(=O)Nc5ccc(F)cc5)c4)C(=O)O3)ccc2O1. The van der Waals surface area contributed by atoms with Crippen LogP contribution in [0.3, 0.4) is 0 Å². The minimum Gasteiger partial charge on any atom is -0.463 e. The van der Waals surface area contributed by atoms with Crippen molar-refractivity contribution in [3.8, 4) is 5.75 Å². The first kappa shape index (κ1) is 34.2. The number of carbonyl (C=O) groups excluding carboxylic acids is 2. The predicted octanol–water partition coefficient (Wildman–Crippen LogP) is 7.89. The van der Waals surface area contributed by atoms with Crippen LogP contribution in [0.4, 0.5) is 19.7 Å². The Kier molecular flexibility index (Phi) is 12.1. The summed E-state index contributed by atoms with van der Waals surface area (Å²) in [5.74, 6) is -0.161. The average molecular weight is 648 g/mol. The van der Waals surface area contributed by atoms with Gasteiger partial charge in [0.25, 0.3) is 0 Å². The zero-order chi connectivity index (χ0) is 33.1. The van der Waals surface area contributed by atoms with Crippen molar-refractivity contribution in [1.29, 1.82) is 0 Å². The molecule has 1 fully saturated rings. The van der Waals surface area contributed by atoms with Gasteiger partial charge in [-0.3, -0.25) is 0 Å². The monoisotopic (exact) mass is 647 g/mol. The number of benzene rings is 3. The van der Waals surface area contributed by atoms with Crippen LogP contribution in [-0.4, -0.2) is 49.1 Å². The van der Waals surface area contributed by atoms with Gasteiger partial charge in [-0.2, -0.15) is 0 Å². The third kappa shape index (κ3) is 10.7. The molecule has 0 aromatic heterocycles. The number of ether oxygens (including phenoxy) is 4. The number of aryl methyl sites for hydroxylation is 1. The van der Waals surface area contributed by atoms with Gasteiger partial charge in [0.05, 0.1) is 13.2 Å². The van der Waals surface area contributed by atoms with E-state index in [0.717, 1.165) is 80.6 Å². The summed E-state index contributed by atoms with van der Waals surface area (Å²) < 4.78 is 36.2. The molecular weight excluding hydrogens is 601 g/mol. The van der Waals surface area contributed by atoms with Gasteiger partial charge in [0, 0.05) is 51.4 Å². The van der Waals surface area contributed by atoms with Crippen molar-refractivity contribution >= 4 is 17.8 Å². The molecule has 1 atom stereocenters. The van der Waals surface area contributed by atoms with E-state index in [1.54, 1.807) is 4.90 Å². The number of cyclic esters (lactones) is 1. The molecule has 2 aliphatic heterocycles. The molecule has 3 amide bonds. The van der Waals surface area contributed by atoms with Crippen molar-refractivity contribution in [2.45, 2.75) is 83.8 Å². The van der Waals surface area contributed by atoms with Gasteiger partial charge in [0.2, 0.25) is 5.79 Å². The van der Waals surface area contributed by atoms with Crippen LogP contribution < -0.4 is 15.4 Å². The van der Waals surface area contributed by atoms with Crippen molar-refractivity contribution < 1.29 is 32.9 Å². The van der Waals surface area contributed by atoms with Crippen molar-refractivity contribution in [3.05, 3.63) is 94.8 Å². The molecule has 9 nitrogen and oxygen atoms in total. The summed E-state index contributed by atoms with van der Waals surface area (Å²) in [6.07, 6.45) is 6.50. The molecule has 0 bridgehead atoms. The molecule has 252 valence electrons. The fourth-order valence-electron chi connectivity index (χ4n) is 5.70. The molecular formula is C37H46FN3O6. The van der Waals surface area contributed by atoms with E-state index < -0.39 is 5.79 Å². The molecule has 3 aromatic carbocycles. The van der Waals surface area contributed by atoms with Crippen LogP contribution in [-0.2, 0) is 33.8 Å². The van der Waals surface area contributed by atoms with Crippen molar-refractivity contribution in [3.63, 3.8) is 0 Å². The molecule has 0 radical (unpaired) electrons. The summed E-state index contributed by atoms with van der Waals surface area (Å²) in [4.78, 5) is 26.4. The van der Waals surface area contributed by atoms with Gasteiger partial charge in [0.15, 0.2) is 0 Å². The molecule has 0 aliphatic carbocycles. The first-order chi connectivity index (χ1) is 22.7. The van der Waals surface area contributed by atoms with E-state index in [-0.39, 0.29) is 24.0 Å². The first-order valence-electron chi connectivity index (χ1n) is 16.6. The molecule has 10 heteroatoms. The lowest BCUT2D eigenvalue weighted by molar-refractivity contribution is -0.180. The topological polar surface area (TPSA) is 98.4 Å². The maximum Gasteiger partial charge on any atom is 0.410 e. The van der Waals surface area contributed by atoms with E-state index in [9.17, 15) is 14.0 Å². The van der Waals surface area contributed by atoms with Gasteiger partial charge in [-0.1, -0.05) is 43.2 Å². The Morgan fingerprint density at radius 2 is 1.72 bits per heavy atom. The second-order valence-electron chi connectivity index (χ2n) is 12.6. The lowest BCUT2D eigenvalue weighted by Gasteiger charge is -2.32. The van der Waals surface area contributed by atoms with E-state index in [0.29, 0.717) is 31.9 Å². The smallest absolute Gasteiger partial charge is 0.410 e. The van der Waals surface area contributed by atoms with Gasteiger partial charge in [-0.25, -0.2) is 14.0 Å². The standard InChI is InChI=1S/C37H46FN3O6/c1-37(2)45-26-30-23-29(13-18-33(30)47-37)34-25-41(36(43)46-34)19-6-3-4-7-20-44-21-8-5-10-27-11-9-12-28(22-27)24-39-35(42)40-32-16-14-31(38)15-17-32/h9,11-18,22-23,34H,3-8,10,19-21,24-26H2,1-2H3,(H2,39,40,42)/t34-/m0/s1. The third-order valence-corrected chi connectivity index (χ3v) is 8.29. The number of rotatable bonds is 16. The van der Waals surface area contributed by atoms with Gasteiger partial charge < -0.3 is 34.5 Å². The number of hydrogen-bond donors (Lipinski definition) is 2. The van der Waals surface area contributed by atoms with Crippen LogP contribution in [0.1, 0.15) is 80.7 Å². The molecule has 0 unspecified atom stereocenters. The highest BCUT2D eigenvalue weighted by Crippen LogP contribution is 2.35. The van der Waals surface area contributed by atoms with E-state index in [1.807, 2.05) is 44.2 Å². The Hall–Kier alpha value is -4.15. The highest BCUT2D eigenvalue weighted by atomic mass is 19.1. The number of amides is 3. The van der Waals surface area contributed by atoms with Gasteiger partial charge in [-0.15, -0.1) is 0 Å². The fraction of sp³-hybridized carbons (Fsp3) is 0.459. The Morgan fingerprint density at radius 1 is 0.957 bits per heavy atom. The van der Waals surface area contributed by atoms with Crippen molar-refractivity contribution in [2.24, 2.45) is 0 Å². The summed E-state index contributed by atoms with van der Waals surface area (Å²) in [6.45, 7) is 7.42. The maximum atomic E-state index is 13.0. The average Bonchev–Trinajstić information content (AvgIpc) is 3.43. The second kappa shape index (κ2) is 16.6. The fourth-order valence-corrected chi connectivity index (χ4v) is 5.70. The lowest BCUT2D eigenvalue weighted by atomic mass is 10.0. The van der Waals surface area contributed by atoms with Crippen LogP contribution in [0.15, 0.2) is 66.7 Å². The maximum absolute atomic E-state index is 13.0. The lowest BCUT2D eigenvalue weighted by Crippen LogP contribution is -2.35. The highest BCUT2D eigenvalue weighted by molar-refractivity contribution is 5.89. The zero-order valence-electron chi connectivity index (χ0n) is 27.4. The summed E-state index contributed by atoms with van der Waals surface area (Å²) in [6, 6.07) is 19.5. The van der Waals surface area contributed by atoms with Gasteiger partial charge in [0.1, 0.15) is 17.7 Å². The number of unbranched alkanes of at least 4 members (excludes halogenated alkanes) is 4. The number of nitrogens with zero attached hydrogens (tertiary/aromatic N) is 1. The number of halogens is 1. The Morgan fingerprint density at radius 3 is 2.55 bits per heavy atom. The van der Waals surface area contributed by atoms with Crippen molar-refractivity contribution in [1.82, 2.24) is 10.2 Å². The molecule has 0 spiro atoms. The predicted molar refractivity (Wildman–Crippen MR) is 178 cm³/mol. The van der Waals surface area contributed by atoms with E-state index >= 15 is 0 Å². The number of anilines is 1. The van der Waals surface area contributed by atoms with Crippen LogP contribution in [0, 0.1) is 5.82 Å². The van der Waals surface area contributed by atoms with Crippen LogP contribution >= 0.6 is 0 Å². The molecule has 1 saturated heterocycles. The number of carbonyl (C=O) groups is 2. The summed E-state index contributed by atoms with van der Waals surface area (Å²) >= 11 is 0. The van der Waals surface area contributed by atoms with E-state index in [2.05, 4.69) is 22.8 Å². The molecule has 0 saturated carbocycles. The number of nitrogens with one attached hydrogen (secondary N) is 2. The van der Waals surface area contributed by atoms with Crippen molar-refractivity contribution in [2.75, 3.05) is 31.6 Å². The van der Waals surface area contributed by atoms with Crippen LogP contribution in [0.2, 0.25) is 0 Å². The van der Waals surface area contributed by atoms with Gasteiger partial charge in [-0.05, 0) is 85.2 Å². The molecule has 47 heavy (non-hydrogen) atoms. The minimum atomic E-state index is -0.634. The van der Waals surface area contributed by atoms with E-state index in [4.69, 9.17) is 18.9 Å². The van der Waals surface area contributed by atoms with Crippen LogP contribution in [0.5, 0.6) is 5.75 Å². The van der Waals surface area contributed by atoms with E-state index in [1.165, 1.54) is 29.8 Å². The molecule has 5 rings (SSSR count). The quantitative estimate of drug-likeness (QED) is 0.154. The molecule has 2 N–H and O–H groups in total. The third-order valence-electron chi connectivity index (χ3n) is 8.29. The van der Waals surface area contributed by atoms with Gasteiger partial charge >= 0.3 is 12.1 Å². The number of hydrogen-bond acceptors (Lipinski definition) is 6. The molecule has 3 aromatic rings. The normalized spacial score (nSPS) is 16.7. The summed E-state index contributed by atoms with van der Waals surface area (Å²) in [5.41, 5.74) is 4.74. The largest absolute Gasteiger partial charge is 0.463 e. The summed E-state index contributed by atoms with van der Waals surface area (Å²) in [7, 11) is 0. The number of urea groups is 1. The molecule has 2 aliphatic rings. The highest BCUT2D eigenvalue weighted by Gasteiger charge is 2.33. The Balaban J connectivity index is 0.876. The van der Waals surface area contributed by atoms with Crippen LogP contribution in [0.25, 0.3) is 0 Å². The molecule has 2 heterocycles. The summed E-state index contributed by atoms with van der Waals surface area (Å²) in [5, 5.41) is 5.54. The zero-order valence-corrected chi connectivity index (χ0v) is 27.4. The Labute approximate surface area is 276 Å². The first-order valence-corrected chi connectivity index (χ1v) is 16.6. The number of fused-ring (bicyclic) bond motifs is 1. The minimum absolute atomic E-state index is 0.251.